The third-order valence-electron chi connectivity index (χ3n) is 9.12. The van der Waals surface area contributed by atoms with Gasteiger partial charge in [-0.25, -0.2) is 0 Å². The SMILES string of the molecule is CCCCC(=O)CCCCC[C@H](NC(=O)Cc1c(C)[nH]c2ccc(OC)cc12)C(=O)NCCc1c(-c2ccccc2)[nH]c2ccccc12. The first kappa shape index (κ1) is 34.5. The van der Waals surface area contributed by atoms with Gasteiger partial charge in [-0.3, -0.25) is 14.4 Å². The number of hydrogen-bond acceptors (Lipinski definition) is 4. The number of nitrogens with one attached hydrogen (secondary N) is 4. The standard InChI is InChI=1S/C40H48N4O4/c1-4-5-16-29(45)17-10-7-11-20-37(43-38(46)26-33-27(2)42-36-22-21-30(48-3)25-34(33)36)40(47)41-24-23-32-31-18-12-13-19-35(31)44-39(32)28-14-8-6-9-15-28/h6,8-9,12-15,18-19,21-22,25,37,42,44H,4-5,7,10-11,16-17,20,23-24,26H2,1-3H3,(H,41,47)(H,43,46)/t37-/m0/s1. The van der Waals surface area contributed by atoms with Crippen molar-refractivity contribution in [1.29, 1.82) is 0 Å². The number of para-hydroxylation sites is 1. The number of carbonyl (C=O) groups excluding carboxylic acids is 3. The first-order valence-corrected chi connectivity index (χ1v) is 17.3. The maximum Gasteiger partial charge on any atom is 0.242 e. The molecular weight excluding hydrogens is 600 g/mol. The summed E-state index contributed by atoms with van der Waals surface area (Å²) in [6.45, 7) is 4.47. The smallest absolute Gasteiger partial charge is 0.242 e. The molecule has 8 heteroatoms. The lowest BCUT2D eigenvalue weighted by Crippen LogP contribution is -2.47. The molecule has 5 rings (SSSR count). The number of hydrogen-bond donors (Lipinski definition) is 4. The fourth-order valence-corrected chi connectivity index (χ4v) is 6.48. The van der Waals surface area contributed by atoms with Crippen molar-refractivity contribution >= 4 is 39.4 Å². The van der Waals surface area contributed by atoms with Gasteiger partial charge in [0.2, 0.25) is 11.8 Å². The predicted molar refractivity (Wildman–Crippen MR) is 193 cm³/mol. The van der Waals surface area contributed by atoms with E-state index in [2.05, 4.69) is 51.8 Å². The maximum absolute atomic E-state index is 13.7. The van der Waals surface area contributed by atoms with Crippen molar-refractivity contribution in [3.05, 3.63) is 89.6 Å². The molecule has 0 aliphatic rings. The van der Waals surface area contributed by atoms with E-state index in [9.17, 15) is 14.4 Å². The summed E-state index contributed by atoms with van der Waals surface area (Å²) in [4.78, 5) is 46.2. The van der Waals surface area contributed by atoms with Gasteiger partial charge in [-0.15, -0.1) is 0 Å². The number of aryl methyl sites for hydroxylation is 1. The van der Waals surface area contributed by atoms with Crippen molar-refractivity contribution in [3.8, 4) is 17.0 Å². The van der Waals surface area contributed by atoms with Crippen LogP contribution in [0.5, 0.6) is 5.75 Å². The number of rotatable bonds is 18. The molecule has 3 aromatic carbocycles. The Hall–Kier alpha value is -4.85. The van der Waals surface area contributed by atoms with Crippen molar-refractivity contribution < 1.29 is 19.1 Å². The van der Waals surface area contributed by atoms with Gasteiger partial charge in [-0.05, 0) is 73.6 Å². The summed E-state index contributed by atoms with van der Waals surface area (Å²) in [5, 5.41) is 8.24. The molecular formula is C40H48N4O4. The first-order valence-electron chi connectivity index (χ1n) is 17.3. The third kappa shape index (κ3) is 8.73. The van der Waals surface area contributed by atoms with Gasteiger partial charge in [0.15, 0.2) is 0 Å². The molecule has 0 bridgehead atoms. The van der Waals surface area contributed by atoms with E-state index >= 15 is 0 Å². The van der Waals surface area contributed by atoms with E-state index in [1.54, 1.807) is 7.11 Å². The van der Waals surface area contributed by atoms with Crippen molar-refractivity contribution in [2.45, 2.75) is 84.1 Å². The van der Waals surface area contributed by atoms with Crippen LogP contribution in [-0.4, -0.2) is 47.3 Å². The Kier molecular flexibility index (Phi) is 12.1. The summed E-state index contributed by atoms with van der Waals surface area (Å²) in [6, 6.07) is 23.5. The molecule has 0 unspecified atom stereocenters. The lowest BCUT2D eigenvalue weighted by molar-refractivity contribution is -0.128. The number of aromatic amines is 2. The number of fused-ring (bicyclic) bond motifs is 2. The minimum Gasteiger partial charge on any atom is -0.497 e. The molecule has 252 valence electrons. The quantitative estimate of drug-likeness (QED) is 0.0728. The molecule has 0 aliphatic carbocycles. The molecule has 0 radical (unpaired) electrons. The zero-order valence-corrected chi connectivity index (χ0v) is 28.4. The Morgan fingerprint density at radius 1 is 0.812 bits per heavy atom. The fourth-order valence-electron chi connectivity index (χ4n) is 6.48. The molecule has 8 nitrogen and oxygen atoms in total. The molecule has 48 heavy (non-hydrogen) atoms. The maximum atomic E-state index is 13.7. The zero-order chi connectivity index (χ0) is 33.9. The first-order chi connectivity index (χ1) is 23.4. The molecule has 2 heterocycles. The Labute approximate surface area is 283 Å². The average Bonchev–Trinajstić information content (AvgIpc) is 3.63. The third-order valence-corrected chi connectivity index (χ3v) is 9.12. The van der Waals surface area contributed by atoms with E-state index in [0.717, 1.165) is 87.7 Å². The molecule has 2 amide bonds. The summed E-state index contributed by atoms with van der Waals surface area (Å²) in [6.07, 6.45) is 6.80. The van der Waals surface area contributed by atoms with E-state index in [1.165, 1.54) is 0 Å². The van der Waals surface area contributed by atoms with Gasteiger partial charge >= 0.3 is 0 Å². The highest BCUT2D eigenvalue weighted by molar-refractivity contribution is 5.94. The van der Waals surface area contributed by atoms with Gasteiger partial charge in [0, 0.05) is 52.6 Å². The molecule has 1 atom stereocenters. The molecule has 0 saturated carbocycles. The minimum absolute atomic E-state index is 0.143. The average molecular weight is 649 g/mol. The van der Waals surface area contributed by atoms with Crippen LogP contribution in [0.4, 0.5) is 0 Å². The van der Waals surface area contributed by atoms with E-state index in [4.69, 9.17) is 4.74 Å². The number of amides is 2. The molecule has 4 N–H and O–H groups in total. The van der Waals surface area contributed by atoms with E-state index in [1.807, 2.05) is 55.5 Å². The van der Waals surface area contributed by atoms with E-state index < -0.39 is 6.04 Å². The van der Waals surface area contributed by atoms with Crippen LogP contribution >= 0.6 is 0 Å². The van der Waals surface area contributed by atoms with Crippen molar-refractivity contribution in [1.82, 2.24) is 20.6 Å². The summed E-state index contributed by atoms with van der Waals surface area (Å²) < 4.78 is 5.42. The van der Waals surface area contributed by atoms with Crippen molar-refractivity contribution in [2.75, 3.05) is 13.7 Å². The summed E-state index contributed by atoms with van der Waals surface area (Å²) in [5.74, 6) is 0.622. The number of carbonyl (C=O) groups is 3. The van der Waals surface area contributed by atoms with Crippen LogP contribution in [0, 0.1) is 6.92 Å². The van der Waals surface area contributed by atoms with Crippen LogP contribution in [0.15, 0.2) is 72.8 Å². The largest absolute Gasteiger partial charge is 0.497 e. The lowest BCUT2D eigenvalue weighted by atomic mass is 10.0. The number of ether oxygens (including phenoxy) is 1. The highest BCUT2D eigenvalue weighted by Crippen LogP contribution is 2.31. The Bertz CT molecular complexity index is 1840. The minimum atomic E-state index is -0.676. The highest BCUT2D eigenvalue weighted by atomic mass is 16.5. The second-order valence-electron chi connectivity index (χ2n) is 12.6. The fraction of sp³-hybridized carbons (Fsp3) is 0.375. The Morgan fingerprint density at radius 3 is 2.35 bits per heavy atom. The van der Waals surface area contributed by atoms with Crippen molar-refractivity contribution in [2.24, 2.45) is 0 Å². The normalized spacial score (nSPS) is 11.9. The zero-order valence-electron chi connectivity index (χ0n) is 28.4. The lowest BCUT2D eigenvalue weighted by Gasteiger charge is -2.19. The van der Waals surface area contributed by atoms with Gasteiger partial charge in [-0.2, -0.15) is 0 Å². The second-order valence-corrected chi connectivity index (χ2v) is 12.6. The number of aromatic nitrogens is 2. The van der Waals surface area contributed by atoms with Crippen LogP contribution in [0.1, 0.15) is 75.1 Å². The summed E-state index contributed by atoms with van der Waals surface area (Å²) >= 11 is 0. The topological polar surface area (TPSA) is 116 Å². The van der Waals surface area contributed by atoms with Crippen LogP contribution in [0.3, 0.4) is 0 Å². The molecule has 0 saturated heterocycles. The monoisotopic (exact) mass is 648 g/mol. The second kappa shape index (κ2) is 16.8. The van der Waals surface area contributed by atoms with Crippen molar-refractivity contribution in [3.63, 3.8) is 0 Å². The molecule has 0 aliphatic heterocycles. The number of benzene rings is 3. The van der Waals surface area contributed by atoms with E-state index in [0.29, 0.717) is 38.0 Å². The Balaban J connectivity index is 1.26. The number of ketones is 1. The van der Waals surface area contributed by atoms with Crippen LogP contribution < -0.4 is 15.4 Å². The van der Waals surface area contributed by atoms with Crippen LogP contribution in [0.25, 0.3) is 33.1 Å². The molecule has 0 fully saturated rings. The number of Topliss-reactive ketones (excluding diaryl/α,β-unsaturated/α-hetero) is 1. The van der Waals surface area contributed by atoms with Gasteiger partial charge in [-0.1, -0.05) is 74.7 Å². The molecule has 5 aromatic rings. The van der Waals surface area contributed by atoms with Crippen LogP contribution in [-0.2, 0) is 27.2 Å². The van der Waals surface area contributed by atoms with Gasteiger partial charge in [0.1, 0.15) is 17.6 Å². The highest BCUT2D eigenvalue weighted by Gasteiger charge is 2.23. The van der Waals surface area contributed by atoms with Gasteiger partial charge < -0.3 is 25.3 Å². The van der Waals surface area contributed by atoms with Crippen LogP contribution in [0.2, 0.25) is 0 Å². The van der Waals surface area contributed by atoms with E-state index in [-0.39, 0.29) is 18.2 Å². The molecule has 2 aromatic heterocycles. The van der Waals surface area contributed by atoms with Gasteiger partial charge in [0.05, 0.1) is 13.5 Å². The number of H-pyrrole nitrogens is 2. The Morgan fingerprint density at radius 2 is 1.56 bits per heavy atom. The van der Waals surface area contributed by atoms with Gasteiger partial charge in [0.25, 0.3) is 0 Å². The number of unbranched alkanes of at least 4 members (excludes halogenated alkanes) is 3. The number of methoxy groups -OCH3 is 1. The summed E-state index contributed by atoms with van der Waals surface area (Å²) in [5.41, 5.74) is 7.09. The predicted octanol–water partition coefficient (Wildman–Crippen LogP) is 7.73. The summed E-state index contributed by atoms with van der Waals surface area (Å²) in [7, 11) is 1.62. The molecule has 0 spiro atoms.